The molecule has 10 rings (SSSR count). The molecule has 3 saturated heterocycles. The smallest absolute Gasteiger partial charge is 0.262 e. The van der Waals surface area contributed by atoms with Gasteiger partial charge in [0.05, 0.1) is 22.3 Å². The molecule has 2 aromatic heterocycles. The lowest BCUT2D eigenvalue weighted by molar-refractivity contribution is -0.136. The van der Waals surface area contributed by atoms with Gasteiger partial charge in [-0.05, 0) is 100 Å². The van der Waals surface area contributed by atoms with Gasteiger partial charge in [-0.3, -0.25) is 44.3 Å². The van der Waals surface area contributed by atoms with Crippen molar-refractivity contribution >= 4 is 46.0 Å². The zero-order chi connectivity index (χ0) is 40.3. The number of anilines is 2. The van der Waals surface area contributed by atoms with Crippen molar-refractivity contribution < 1.29 is 23.9 Å². The number of benzene rings is 2. The first-order valence-corrected chi connectivity index (χ1v) is 21.5. The van der Waals surface area contributed by atoms with E-state index in [4.69, 9.17) is 4.74 Å². The normalized spacial score (nSPS) is 25.1. The third-order valence-corrected chi connectivity index (χ3v) is 13.6. The number of aromatic nitrogens is 4. The number of H-pyrrole nitrogens is 1. The molecule has 308 valence electrons. The van der Waals surface area contributed by atoms with Gasteiger partial charge < -0.3 is 14.5 Å². The maximum absolute atomic E-state index is 13.4. The number of carbonyl (C=O) groups excluding carboxylic acids is 4. The minimum atomic E-state index is -0.953. The van der Waals surface area contributed by atoms with Crippen LogP contribution < -0.4 is 19.9 Å². The van der Waals surface area contributed by atoms with E-state index in [1.54, 1.807) is 18.5 Å². The van der Waals surface area contributed by atoms with Crippen molar-refractivity contribution in [3.8, 4) is 17.1 Å². The molecule has 0 bridgehead atoms. The lowest BCUT2D eigenvalue weighted by atomic mass is 9.81. The Morgan fingerprint density at radius 1 is 0.746 bits per heavy atom. The Morgan fingerprint density at radius 2 is 1.42 bits per heavy atom. The summed E-state index contributed by atoms with van der Waals surface area (Å²) in [6.07, 6.45) is 9.20. The highest BCUT2D eigenvalue weighted by atomic mass is 16.5. The molecule has 4 amide bonds. The molecule has 2 N–H and O–H groups in total. The third-order valence-electron chi connectivity index (χ3n) is 13.6. The second kappa shape index (κ2) is 15.3. The van der Waals surface area contributed by atoms with E-state index in [1.807, 2.05) is 18.2 Å². The SMILES string of the molecule is CC1(Oc2ccc3[nH]nc(-c4cc(N5CCN(CC6CCC(CN7CCN(c8ccc9c(c8)C(=O)N(C8CCC(=O)NC8=O)C9=O)CC7)CC6)CC5)ncn4)c3c2)CC1. The summed E-state index contributed by atoms with van der Waals surface area (Å²) in [6, 6.07) is 12.6. The van der Waals surface area contributed by atoms with E-state index < -0.39 is 23.8 Å². The zero-order valence-electron chi connectivity index (χ0n) is 33.7. The molecule has 5 fully saturated rings. The maximum Gasteiger partial charge on any atom is 0.262 e. The van der Waals surface area contributed by atoms with E-state index in [0.29, 0.717) is 11.1 Å². The summed E-state index contributed by atoms with van der Waals surface area (Å²) in [6.45, 7) is 12.0. The Balaban J connectivity index is 0.666. The minimum Gasteiger partial charge on any atom is -0.488 e. The second-order valence-corrected chi connectivity index (χ2v) is 17.7. The number of carbonyl (C=O) groups is 4. The van der Waals surface area contributed by atoms with E-state index in [0.717, 1.165) is 135 Å². The number of nitrogens with one attached hydrogen (secondary N) is 2. The summed E-state index contributed by atoms with van der Waals surface area (Å²) in [7, 11) is 0. The summed E-state index contributed by atoms with van der Waals surface area (Å²) in [5, 5.41) is 11.1. The van der Waals surface area contributed by atoms with Crippen LogP contribution in [0.4, 0.5) is 11.5 Å². The van der Waals surface area contributed by atoms with Crippen LogP contribution in [-0.4, -0.2) is 136 Å². The minimum absolute atomic E-state index is 0.0426. The molecular weight excluding hydrogens is 749 g/mol. The maximum atomic E-state index is 13.4. The van der Waals surface area contributed by atoms with Gasteiger partial charge in [0.15, 0.2) is 0 Å². The van der Waals surface area contributed by atoms with Gasteiger partial charge in [-0.1, -0.05) is 0 Å². The van der Waals surface area contributed by atoms with Crippen molar-refractivity contribution in [2.45, 2.75) is 69.9 Å². The molecule has 4 aromatic rings. The number of imide groups is 2. The highest BCUT2D eigenvalue weighted by molar-refractivity contribution is 6.23. The molecule has 6 heterocycles. The van der Waals surface area contributed by atoms with Crippen LogP contribution >= 0.6 is 0 Å². The number of amides is 4. The number of nitrogens with zero attached hydrogens (tertiary/aromatic N) is 8. The molecule has 0 spiro atoms. The summed E-state index contributed by atoms with van der Waals surface area (Å²) >= 11 is 0. The number of rotatable bonds is 10. The number of ether oxygens (including phenoxy) is 1. The van der Waals surface area contributed by atoms with Crippen LogP contribution in [0.1, 0.15) is 79.0 Å². The van der Waals surface area contributed by atoms with Crippen molar-refractivity contribution in [2.24, 2.45) is 11.8 Å². The van der Waals surface area contributed by atoms with Crippen LogP contribution in [-0.2, 0) is 9.59 Å². The molecule has 6 aliphatic rings. The zero-order valence-corrected chi connectivity index (χ0v) is 33.7. The summed E-state index contributed by atoms with van der Waals surface area (Å²) in [5.74, 6) is 1.38. The standard InChI is InChI=1S/C44H52N10O5/c1-44(12-13-44)59-31-7-9-35-34(23-31)40(49-48-35)36-24-38(46-27-45-36)53-20-16-51(17-21-53)26-29-4-2-28(3-5-29)25-50-14-18-52(19-15-50)30-6-8-32-33(22-30)43(58)54(42(32)57)37-10-11-39(55)47-41(37)56/h6-9,22-24,27-29,37H,2-5,10-21,25-26H2,1H3,(H,48,49)(H,47,55,56). The fourth-order valence-electron chi connectivity index (χ4n) is 9.79. The number of aromatic amines is 1. The van der Waals surface area contributed by atoms with Gasteiger partial charge in [-0.2, -0.15) is 5.10 Å². The molecule has 4 aliphatic heterocycles. The van der Waals surface area contributed by atoms with Crippen LogP contribution in [0, 0.1) is 11.8 Å². The van der Waals surface area contributed by atoms with E-state index in [9.17, 15) is 19.2 Å². The summed E-state index contributed by atoms with van der Waals surface area (Å²) in [4.78, 5) is 70.8. The molecule has 15 nitrogen and oxygen atoms in total. The Morgan fingerprint density at radius 3 is 2.10 bits per heavy atom. The van der Waals surface area contributed by atoms with Gasteiger partial charge >= 0.3 is 0 Å². The first kappa shape index (κ1) is 37.8. The Hall–Kier alpha value is -5.41. The largest absolute Gasteiger partial charge is 0.488 e. The Kier molecular flexibility index (Phi) is 9.82. The van der Waals surface area contributed by atoms with Gasteiger partial charge in [0.25, 0.3) is 11.8 Å². The molecule has 2 aliphatic carbocycles. The quantitative estimate of drug-likeness (QED) is 0.222. The van der Waals surface area contributed by atoms with Crippen LogP contribution in [0.2, 0.25) is 0 Å². The molecule has 1 atom stereocenters. The van der Waals surface area contributed by atoms with E-state index >= 15 is 0 Å². The number of hydrogen-bond acceptors (Lipinski definition) is 12. The van der Waals surface area contributed by atoms with E-state index in [1.165, 1.54) is 25.7 Å². The van der Waals surface area contributed by atoms with Crippen LogP contribution in [0.3, 0.4) is 0 Å². The second-order valence-electron chi connectivity index (χ2n) is 17.7. The van der Waals surface area contributed by atoms with Crippen molar-refractivity contribution in [1.82, 2.24) is 40.2 Å². The predicted molar refractivity (Wildman–Crippen MR) is 221 cm³/mol. The van der Waals surface area contributed by atoms with Crippen molar-refractivity contribution in [2.75, 3.05) is 75.2 Å². The molecule has 15 heteroatoms. The predicted octanol–water partition coefficient (Wildman–Crippen LogP) is 4.10. The summed E-state index contributed by atoms with van der Waals surface area (Å²) < 4.78 is 6.23. The first-order chi connectivity index (χ1) is 28.7. The lowest BCUT2D eigenvalue weighted by Crippen LogP contribution is -2.54. The van der Waals surface area contributed by atoms with E-state index in [2.05, 4.69) is 64.1 Å². The average molecular weight is 801 g/mol. The fourth-order valence-corrected chi connectivity index (χ4v) is 9.79. The molecule has 2 saturated carbocycles. The van der Waals surface area contributed by atoms with Crippen molar-refractivity contribution in [3.05, 3.63) is 59.9 Å². The highest BCUT2D eigenvalue weighted by Gasteiger charge is 2.45. The fraction of sp³-hybridized carbons (Fsp3) is 0.523. The highest BCUT2D eigenvalue weighted by Crippen LogP contribution is 2.41. The molecule has 59 heavy (non-hydrogen) atoms. The molecule has 1 unspecified atom stereocenters. The number of piperidine rings is 1. The van der Waals surface area contributed by atoms with Gasteiger partial charge in [-0.15, -0.1) is 0 Å². The Bertz CT molecular complexity index is 2280. The van der Waals surface area contributed by atoms with Crippen molar-refractivity contribution in [3.63, 3.8) is 0 Å². The van der Waals surface area contributed by atoms with E-state index in [-0.39, 0.29) is 24.3 Å². The van der Waals surface area contributed by atoms with Gasteiger partial charge in [0.2, 0.25) is 11.8 Å². The van der Waals surface area contributed by atoms with Crippen LogP contribution in [0.25, 0.3) is 22.3 Å². The average Bonchev–Trinajstić information content (AvgIpc) is 3.73. The summed E-state index contributed by atoms with van der Waals surface area (Å²) in [5.41, 5.74) is 4.13. The third kappa shape index (κ3) is 7.66. The lowest BCUT2D eigenvalue weighted by Gasteiger charge is -2.40. The Labute approximate surface area is 343 Å². The van der Waals surface area contributed by atoms with Gasteiger partial charge in [0.1, 0.15) is 35.2 Å². The van der Waals surface area contributed by atoms with Gasteiger partial charge in [-0.25, -0.2) is 9.97 Å². The van der Waals surface area contributed by atoms with Gasteiger partial charge in [0, 0.05) is 89.0 Å². The monoisotopic (exact) mass is 800 g/mol. The molecule has 0 radical (unpaired) electrons. The van der Waals surface area contributed by atoms with Crippen molar-refractivity contribution in [1.29, 1.82) is 0 Å². The topological polar surface area (TPSA) is 160 Å². The molecular formula is C44H52N10O5. The van der Waals surface area contributed by atoms with Crippen LogP contribution in [0.15, 0.2) is 48.8 Å². The number of fused-ring (bicyclic) bond motifs is 2. The number of hydrogen-bond donors (Lipinski definition) is 2. The van der Waals surface area contributed by atoms with Crippen LogP contribution in [0.5, 0.6) is 5.75 Å². The first-order valence-electron chi connectivity index (χ1n) is 21.5. The number of piperazine rings is 2. The molecule has 2 aromatic carbocycles.